The number of hydrogen-bond donors (Lipinski definition) is 3. The first-order chi connectivity index (χ1) is 8.82. The quantitative estimate of drug-likeness (QED) is 0.803. The molecule has 1 heterocycles. The summed E-state index contributed by atoms with van der Waals surface area (Å²) in [5.41, 5.74) is 0.169. The predicted molar refractivity (Wildman–Crippen MR) is 60.7 cm³/mol. The minimum atomic E-state index is -4.86. The normalized spacial score (nSPS) is 15.4. The molecule has 2 rings (SSSR count). The lowest BCUT2D eigenvalue weighted by molar-refractivity contribution is -0.185. The number of H-pyrrole nitrogens is 1. The summed E-state index contributed by atoms with van der Waals surface area (Å²) in [5, 5.41) is 18.2. The largest absolute Gasteiger partial charge is 0.479 e. The third-order valence-electron chi connectivity index (χ3n) is 2.88. The Morgan fingerprint density at radius 3 is 2.47 bits per heavy atom. The van der Waals surface area contributed by atoms with E-state index in [1.165, 1.54) is 6.07 Å². The average Bonchev–Trinajstić information content (AvgIpc) is 2.71. The van der Waals surface area contributed by atoms with E-state index in [1.54, 1.807) is 18.2 Å². The Morgan fingerprint density at radius 1 is 1.26 bits per heavy atom. The fourth-order valence-corrected chi connectivity index (χ4v) is 2.02. The number of aromatic amines is 1. The zero-order chi connectivity index (χ0) is 14.2. The van der Waals surface area contributed by atoms with Crippen molar-refractivity contribution in [3.63, 3.8) is 0 Å². The van der Waals surface area contributed by atoms with Crippen molar-refractivity contribution >= 4 is 16.9 Å². The lowest BCUT2D eigenvalue weighted by atomic mass is 9.92. The van der Waals surface area contributed by atoms with Crippen molar-refractivity contribution < 1.29 is 28.2 Å². The van der Waals surface area contributed by atoms with Crippen LogP contribution in [0, 0.1) is 0 Å². The zero-order valence-electron chi connectivity index (χ0n) is 9.48. The van der Waals surface area contributed by atoms with E-state index in [2.05, 4.69) is 4.98 Å². The van der Waals surface area contributed by atoms with Crippen LogP contribution >= 0.6 is 0 Å². The standard InChI is InChI=1S/C12H10F3NO3/c13-12(14,15)9(10(17)11(18)19)7-5-16-8-4-2-1-3-6(7)8/h1-5,9-10,16-17H,(H,18,19)/t9-,10-/m0/s1. The number of carboxylic acid groups (broad SMARTS) is 1. The van der Waals surface area contributed by atoms with E-state index >= 15 is 0 Å². The highest BCUT2D eigenvalue weighted by Crippen LogP contribution is 2.40. The van der Waals surface area contributed by atoms with Gasteiger partial charge in [0.2, 0.25) is 0 Å². The van der Waals surface area contributed by atoms with Crippen LogP contribution in [0.5, 0.6) is 0 Å². The number of nitrogens with one attached hydrogen (secondary N) is 1. The fraction of sp³-hybridized carbons (Fsp3) is 0.250. The summed E-state index contributed by atoms with van der Waals surface area (Å²) in [6.45, 7) is 0. The van der Waals surface area contributed by atoms with E-state index in [4.69, 9.17) is 5.11 Å². The lowest BCUT2D eigenvalue weighted by Gasteiger charge is -2.22. The fourth-order valence-electron chi connectivity index (χ4n) is 2.02. The molecule has 3 N–H and O–H groups in total. The second kappa shape index (κ2) is 4.58. The Kier molecular flexibility index (Phi) is 3.23. The van der Waals surface area contributed by atoms with Crippen LogP contribution in [0.1, 0.15) is 11.5 Å². The molecule has 0 amide bonds. The molecule has 7 heteroatoms. The van der Waals surface area contributed by atoms with Gasteiger partial charge in [-0.2, -0.15) is 13.2 Å². The number of carboxylic acids is 1. The van der Waals surface area contributed by atoms with E-state index in [0.29, 0.717) is 5.52 Å². The van der Waals surface area contributed by atoms with Crippen molar-refractivity contribution in [3.8, 4) is 0 Å². The molecule has 0 aliphatic rings. The first-order valence-corrected chi connectivity index (χ1v) is 5.36. The summed E-state index contributed by atoms with van der Waals surface area (Å²) >= 11 is 0. The van der Waals surface area contributed by atoms with Gasteiger partial charge >= 0.3 is 12.1 Å². The minimum Gasteiger partial charge on any atom is -0.479 e. The molecule has 1 aromatic carbocycles. The molecule has 0 bridgehead atoms. The molecule has 2 atom stereocenters. The SMILES string of the molecule is O=C(O)[C@@H](O)[C@H](c1c[nH]c2ccccc12)C(F)(F)F. The van der Waals surface area contributed by atoms with Crippen LogP contribution in [0.2, 0.25) is 0 Å². The molecule has 0 saturated heterocycles. The van der Waals surface area contributed by atoms with Gasteiger partial charge < -0.3 is 15.2 Å². The summed E-state index contributed by atoms with van der Waals surface area (Å²) in [6.07, 6.45) is -6.32. The van der Waals surface area contributed by atoms with Crippen molar-refractivity contribution in [2.24, 2.45) is 0 Å². The number of aliphatic hydroxyl groups excluding tert-OH is 1. The minimum absolute atomic E-state index is 0.241. The zero-order valence-corrected chi connectivity index (χ0v) is 9.48. The topological polar surface area (TPSA) is 73.3 Å². The van der Waals surface area contributed by atoms with E-state index < -0.39 is 24.2 Å². The molecule has 19 heavy (non-hydrogen) atoms. The number of alkyl halides is 3. The highest BCUT2D eigenvalue weighted by atomic mass is 19.4. The third kappa shape index (κ3) is 2.41. The Labute approximate surface area is 105 Å². The molecule has 0 spiro atoms. The van der Waals surface area contributed by atoms with Crippen LogP contribution in [0.4, 0.5) is 13.2 Å². The van der Waals surface area contributed by atoms with Crippen molar-refractivity contribution in [2.75, 3.05) is 0 Å². The van der Waals surface area contributed by atoms with Gasteiger partial charge in [-0.05, 0) is 11.6 Å². The Morgan fingerprint density at radius 2 is 1.89 bits per heavy atom. The van der Waals surface area contributed by atoms with Crippen molar-refractivity contribution in [1.82, 2.24) is 4.98 Å². The van der Waals surface area contributed by atoms with Crippen LogP contribution in [0.15, 0.2) is 30.5 Å². The summed E-state index contributed by atoms with van der Waals surface area (Å²) < 4.78 is 39.0. The number of para-hydroxylation sites is 1. The van der Waals surface area contributed by atoms with Gasteiger partial charge in [0.1, 0.15) is 5.92 Å². The molecule has 0 aliphatic carbocycles. The Hall–Kier alpha value is -2.02. The van der Waals surface area contributed by atoms with Gasteiger partial charge in [-0.1, -0.05) is 18.2 Å². The molecule has 4 nitrogen and oxygen atoms in total. The highest BCUT2D eigenvalue weighted by Gasteiger charge is 2.49. The van der Waals surface area contributed by atoms with Gasteiger partial charge in [0, 0.05) is 17.1 Å². The molecule has 0 saturated carbocycles. The molecule has 2 aromatic rings. The van der Waals surface area contributed by atoms with Gasteiger partial charge in [0.25, 0.3) is 0 Å². The number of aromatic nitrogens is 1. The molecule has 1 aromatic heterocycles. The van der Waals surface area contributed by atoms with Crippen LogP contribution < -0.4 is 0 Å². The second-order valence-electron chi connectivity index (χ2n) is 4.09. The van der Waals surface area contributed by atoms with Crippen molar-refractivity contribution in [1.29, 1.82) is 0 Å². The molecule has 102 valence electrons. The maximum atomic E-state index is 13.0. The van der Waals surface area contributed by atoms with Gasteiger partial charge in [-0.3, -0.25) is 0 Å². The van der Waals surface area contributed by atoms with E-state index in [0.717, 1.165) is 6.20 Å². The smallest absolute Gasteiger partial charge is 0.398 e. The van der Waals surface area contributed by atoms with Crippen molar-refractivity contribution in [2.45, 2.75) is 18.2 Å². The number of hydrogen-bond acceptors (Lipinski definition) is 2. The van der Waals surface area contributed by atoms with Gasteiger partial charge in [0.15, 0.2) is 6.10 Å². The summed E-state index contributed by atoms with van der Waals surface area (Å²) in [4.78, 5) is 13.3. The number of benzene rings is 1. The van der Waals surface area contributed by atoms with Crippen molar-refractivity contribution in [3.05, 3.63) is 36.0 Å². The molecule has 0 radical (unpaired) electrons. The summed E-state index contributed by atoms with van der Waals surface area (Å²) in [5.74, 6) is -4.38. The van der Waals surface area contributed by atoms with Crippen LogP contribution in [-0.2, 0) is 4.79 Å². The highest BCUT2D eigenvalue weighted by molar-refractivity contribution is 5.85. The maximum Gasteiger partial charge on any atom is 0.398 e. The number of rotatable bonds is 3. The average molecular weight is 273 g/mol. The first kappa shape index (κ1) is 13.4. The lowest BCUT2D eigenvalue weighted by Crippen LogP contribution is -2.37. The van der Waals surface area contributed by atoms with Gasteiger partial charge in [0.05, 0.1) is 0 Å². The summed E-state index contributed by atoms with van der Waals surface area (Å²) in [6, 6.07) is 6.19. The monoisotopic (exact) mass is 273 g/mol. The summed E-state index contributed by atoms with van der Waals surface area (Å²) in [7, 11) is 0. The molecular formula is C12H10F3NO3. The predicted octanol–water partition coefficient (Wildman–Crippen LogP) is 2.26. The number of fused-ring (bicyclic) bond motifs is 1. The van der Waals surface area contributed by atoms with Gasteiger partial charge in [-0.25, -0.2) is 4.79 Å². The maximum absolute atomic E-state index is 13.0. The Bertz CT molecular complexity index is 606. The number of aliphatic carboxylic acids is 1. The van der Waals surface area contributed by atoms with E-state index in [-0.39, 0.29) is 10.9 Å². The van der Waals surface area contributed by atoms with Gasteiger partial charge in [-0.15, -0.1) is 0 Å². The second-order valence-corrected chi connectivity index (χ2v) is 4.09. The first-order valence-electron chi connectivity index (χ1n) is 5.36. The van der Waals surface area contributed by atoms with Crippen LogP contribution in [0.3, 0.4) is 0 Å². The van der Waals surface area contributed by atoms with Crippen LogP contribution in [0.25, 0.3) is 10.9 Å². The number of carbonyl (C=O) groups is 1. The molecule has 0 fully saturated rings. The third-order valence-corrected chi connectivity index (χ3v) is 2.88. The molecule has 0 aliphatic heterocycles. The molecule has 0 unspecified atom stereocenters. The Balaban J connectivity index is 2.58. The number of aliphatic hydroxyl groups is 1. The van der Waals surface area contributed by atoms with E-state index in [1.807, 2.05) is 0 Å². The molecular weight excluding hydrogens is 263 g/mol. The van der Waals surface area contributed by atoms with E-state index in [9.17, 15) is 23.1 Å². The number of halogens is 3. The van der Waals surface area contributed by atoms with Crippen LogP contribution in [-0.4, -0.2) is 33.4 Å².